The van der Waals surface area contributed by atoms with Crippen molar-refractivity contribution in [2.75, 3.05) is 13.2 Å². The minimum atomic E-state index is -2.72. The molecule has 0 bridgehead atoms. The Morgan fingerprint density at radius 1 is 1.36 bits per heavy atom. The average molecular weight is 390 g/mol. The molecule has 0 aliphatic rings. The van der Waals surface area contributed by atoms with E-state index in [1.54, 1.807) is 31.5 Å². The number of nitrogens with zero attached hydrogens (tertiary/aromatic N) is 3. The second kappa shape index (κ2) is 8.75. The fraction of sp³-hybridized carbons (Fsp3) is 0.316. The molecule has 1 unspecified atom stereocenters. The summed E-state index contributed by atoms with van der Waals surface area (Å²) in [5, 5.41) is 15.7. The number of aryl methyl sites for hydroxylation is 1. The summed E-state index contributed by atoms with van der Waals surface area (Å²) in [5.74, 6) is -1.33. The van der Waals surface area contributed by atoms with E-state index in [4.69, 9.17) is 9.84 Å². The van der Waals surface area contributed by atoms with Gasteiger partial charge in [-0.05, 0) is 25.1 Å². The fourth-order valence-corrected chi connectivity index (χ4v) is 2.70. The standard InChI is InChI=1S/C19H20F2N4O3/c1-12-17(19(27)23-9-13(10-26)18(20)21)16-8-15(5-7-25(16)24-12)28-11-14-4-2-3-6-22-14/h2-8,13,18,26H,9-11H2,1H3,(H,23,27). The first-order chi connectivity index (χ1) is 13.5. The molecule has 0 radical (unpaired) electrons. The number of hydrogen-bond acceptors (Lipinski definition) is 5. The van der Waals surface area contributed by atoms with Crippen LogP contribution in [-0.2, 0) is 6.61 Å². The highest BCUT2D eigenvalue weighted by molar-refractivity contribution is 6.02. The highest BCUT2D eigenvalue weighted by Gasteiger charge is 2.23. The summed E-state index contributed by atoms with van der Waals surface area (Å²) in [7, 11) is 0. The van der Waals surface area contributed by atoms with E-state index in [0.29, 0.717) is 17.0 Å². The molecule has 0 aliphatic heterocycles. The number of aliphatic hydroxyl groups is 1. The van der Waals surface area contributed by atoms with Crippen molar-refractivity contribution in [3.05, 3.63) is 59.7 Å². The molecule has 2 N–H and O–H groups in total. The smallest absolute Gasteiger partial charge is 0.255 e. The minimum absolute atomic E-state index is 0.262. The summed E-state index contributed by atoms with van der Waals surface area (Å²) in [5.41, 5.74) is 1.98. The molecule has 7 nitrogen and oxygen atoms in total. The second-order valence-electron chi connectivity index (χ2n) is 6.25. The van der Waals surface area contributed by atoms with Gasteiger partial charge < -0.3 is 15.2 Å². The van der Waals surface area contributed by atoms with Gasteiger partial charge in [0.15, 0.2) is 0 Å². The molecule has 1 atom stereocenters. The number of aromatic nitrogens is 3. The minimum Gasteiger partial charge on any atom is -0.487 e. The zero-order valence-electron chi connectivity index (χ0n) is 15.2. The summed E-state index contributed by atoms with van der Waals surface area (Å²) in [6.45, 7) is 0.877. The first-order valence-corrected chi connectivity index (χ1v) is 8.68. The predicted octanol–water partition coefficient (Wildman–Crippen LogP) is 2.22. The molecule has 0 saturated heterocycles. The van der Waals surface area contributed by atoms with Gasteiger partial charge in [-0.2, -0.15) is 5.10 Å². The lowest BCUT2D eigenvalue weighted by molar-refractivity contribution is 0.0412. The van der Waals surface area contributed by atoms with Gasteiger partial charge in [0, 0.05) is 25.0 Å². The summed E-state index contributed by atoms with van der Waals surface area (Å²) in [4.78, 5) is 16.7. The van der Waals surface area contributed by atoms with Crippen molar-refractivity contribution in [1.29, 1.82) is 0 Å². The molecule has 0 aliphatic carbocycles. The average Bonchev–Trinajstić information content (AvgIpc) is 3.02. The first-order valence-electron chi connectivity index (χ1n) is 8.68. The van der Waals surface area contributed by atoms with Gasteiger partial charge in [-0.25, -0.2) is 13.3 Å². The van der Waals surface area contributed by atoms with Crippen LogP contribution in [0.4, 0.5) is 8.78 Å². The van der Waals surface area contributed by atoms with Crippen LogP contribution in [0.25, 0.3) is 5.52 Å². The van der Waals surface area contributed by atoms with Gasteiger partial charge in [0.1, 0.15) is 12.4 Å². The van der Waals surface area contributed by atoms with Crippen LogP contribution in [0.15, 0.2) is 42.7 Å². The molecule has 148 valence electrons. The molecular formula is C19H20F2N4O3. The molecule has 0 spiro atoms. The molecule has 3 rings (SSSR count). The third kappa shape index (κ3) is 4.42. The first kappa shape index (κ1) is 19.7. The van der Waals surface area contributed by atoms with Crippen molar-refractivity contribution >= 4 is 11.4 Å². The van der Waals surface area contributed by atoms with Crippen LogP contribution in [0, 0.1) is 12.8 Å². The number of carbonyl (C=O) groups is 1. The Labute approximate surface area is 160 Å². The largest absolute Gasteiger partial charge is 0.487 e. The fourth-order valence-electron chi connectivity index (χ4n) is 2.70. The van der Waals surface area contributed by atoms with Crippen molar-refractivity contribution < 1.29 is 23.4 Å². The SMILES string of the molecule is Cc1nn2ccc(OCc3ccccn3)cc2c1C(=O)NCC(CO)C(F)F. The number of carbonyl (C=O) groups excluding carboxylic acids is 1. The van der Waals surface area contributed by atoms with Gasteiger partial charge in [0.05, 0.1) is 35.0 Å². The van der Waals surface area contributed by atoms with Crippen molar-refractivity contribution in [3.8, 4) is 5.75 Å². The van der Waals surface area contributed by atoms with Crippen LogP contribution < -0.4 is 10.1 Å². The van der Waals surface area contributed by atoms with Gasteiger partial charge in [0.25, 0.3) is 5.91 Å². The number of nitrogens with one attached hydrogen (secondary N) is 1. The Kier molecular flexibility index (Phi) is 6.15. The van der Waals surface area contributed by atoms with Gasteiger partial charge in [-0.3, -0.25) is 9.78 Å². The molecule has 3 aromatic heterocycles. The predicted molar refractivity (Wildman–Crippen MR) is 97.4 cm³/mol. The van der Waals surface area contributed by atoms with Crippen LogP contribution in [-0.4, -0.2) is 45.2 Å². The molecule has 9 heteroatoms. The molecule has 0 fully saturated rings. The molecule has 3 heterocycles. The zero-order valence-corrected chi connectivity index (χ0v) is 15.2. The molecule has 1 amide bonds. The van der Waals surface area contributed by atoms with Crippen LogP contribution in [0.2, 0.25) is 0 Å². The third-order valence-corrected chi connectivity index (χ3v) is 4.24. The van der Waals surface area contributed by atoms with Crippen molar-refractivity contribution in [1.82, 2.24) is 19.9 Å². The molecule has 3 aromatic rings. The maximum atomic E-state index is 12.8. The van der Waals surface area contributed by atoms with E-state index in [2.05, 4.69) is 15.4 Å². The number of pyridine rings is 2. The quantitative estimate of drug-likeness (QED) is 0.616. The van der Waals surface area contributed by atoms with E-state index in [1.165, 1.54) is 4.52 Å². The van der Waals surface area contributed by atoms with Gasteiger partial charge >= 0.3 is 0 Å². The summed E-state index contributed by atoms with van der Waals surface area (Å²) in [6, 6.07) is 8.87. The van der Waals surface area contributed by atoms with Gasteiger partial charge in [-0.15, -0.1) is 0 Å². The van der Waals surface area contributed by atoms with E-state index in [0.717, 1.165) is 5.69 Å². The maximum absolute atomic E-state index is 12.8. The van der Waals surface area contributed by atoms with Gasteiger partial charge in [0.2, 0.25) is 6.43 Å². The number of ether oxygens (including phenoxy) is 1. The van der Waals surface area contributed by atoms with Gasteiger partial charge in [-0.1, -0.05) is 6.07 Å². The Hall–Kier alpha value is -3.07. The van der Waals surface area contributed by atoms with Crippen molar-refractivity contribution in [2.24, 2.45) is 5.92 Å². The molecule has 0 aromatic carbocycles. The van der Waals surface area contributed by atoms with E-state index in [1.807, 2.05) is 18.2 Å². The van der Waals surface area contributed by atoms with Crippen LogP contribution in [0.3, 0.4) is 0 Å². The maximum Gasteiger partial charge on any atom is 0.255 e. The number of halogens is 2. The summed E-state index contributed by atoms with van der Waals surface area (Å²) < 4.78 is 32.8. The molecule has 28 heavy (non-hydrogen) atoms. The lowest BCUT2D eigenvalue weighted by Gasteiger charge is -2.13. The van der Waals surface area contributed by atoms with Crippen LogP contribution in [0.1, 0.15) is 21.7 Å². The lowest BCUT2D eigenvalue weighted by Crippen LogP contribution is -2.34. The normalized spacial score (nSPS) is 12.3. The Bertz CT molecular complexity index is 947. The second-order valence-corrected chi connectivity index (χ2v) is 6.25. The number of fused-ring (bicyclic) bond motifs is 1. The number of rotatable bonds is 8. The van der Waals surface area contributed by atoms with E-state index >= 15 is 0 Å². The third-order valence-electron chi connectivity index (χ3n) is 4.24. The summed E-state index contributed by atoms with van der Waals surface area (Å²) >= 11 is 0. The monoisotopic (exact) mass is 390 g/mol. The number of amides is 1. The Morgan fingerprint density at radius 3 is 2.86 bits per heavy atom. The van der Waals surface area contributed by atoms with E-state index in [-0.39, 0.29) is 18.7 Å². The molecule has 0 saturated carbocycles. The van der Waals surface area contributed by atoms with Crippen LogP contribution in [0.5, 0.6) is 5.75 Å². The number of aliphatic hydroxyl groups excluding tert-OH is 1. The topological polar surface area (TPSA) is 88.8 Å². The lowest BCUT2D eigenvalue weighted by atomic mass is 10.1. The number of alkyl halides is 2. The molecular weight excluding hydrogens is 370 g/mol. The number of hydrogen-bond donors (Lipinski definition) is 2. The van der Waals surface area contributed by atoms with E-state index < -0.39 is 24.9 Å². The zero-order chi connectivity index (χ0) is 20.1. The van der Waals surface area contributed by atoms with E-state index in [9.17, 15) is 13.6 Å². The van der Waals surface area contributed by atoms with Crippen LogP contribution >= 0.6 is 0 Å². The highest BCUT2D eigenvalue weighted by atomic mass is 19.3. The Morgan fingerprint density at radius 2 is 2.18 bits per heavy atom. The highest BCUT2D eigenvalue weighted by Crippen LogP contribution is 2.21. The van der Waals surface area contributed by atoms with Crippen molar-refractivity contribution in [3.63, 3.8) is 0 Å². The van der Waals surface area contributed by atoms with Crippen molar-refractivity contribution in [2.45, 2.75) is 20.0 Å². The summed E-state index contributed by atoms with van der Waals surface area (Å²) in [6.07, 6.45) is 0.605. The Balaban J connectivity index is 1.78.